The first kappa shape index (κ1) is 59.0. The summed E-state index contributed by atoms with van der Waals surface area (Å²) in [5.74, 6) is -3.60. The monoisotopic (exact) mass is 1190 g/mol. The number of fused-ring (bicyclic) bond motifs is 8. The van der Waals surface area contributed by atoms with E-state index in [1.54, 1.807) is 65.9 Å². The number of ether oxygens (including phenoxy) is 6. The number of likely N-dealkylation sites (tertiary alicyclic amines) is 2. The second kappa shape index (κ2) is 23.1. The molecule has 12 rings (SSSR count). The number of aromatic nitrogens is 1. The van der Waals surface area contributed by atoms with E-state index in [2.05, 4.69) is 10.6 Å². The van der Waals surface area contributed by atoms with Gasteiger partial charge in [-0.3, -0.25) is 35.0 Å². The van der Waals surface area contributed by atoms with Crippen molar-refractivity contribution in [3.05, 3.63) is 173 Å². The van der Waals surface area contributed by atoms with E-state index in [4.69, 9.17) is 33.4 Å². The van der Waals surface area contributed by atoms with E-state index in [1.165, 1.54) is 4.90 Å². The molecule has 1 aromatic heterocycles. The fourth-order valence-electron chi connectivity index (χ4n) is 13.0. The average Bonchev–Trinajstić information content (AvgIpc) is 1.71. The third-order valence-electron chi connectivity index (χ3n) is 17.1. The Morgan fingerprint density at radius 1 is 0.568 bits per heavy atom. The first-order chi connectivity index (χ1) is 42.1. The number of nitrogens with one attached hydrogen (secondary N) is 2. The highest BCUT2D eigenvalue weighted by molar-refractivity contribution is 5.95. The quantitative estimate of drug-likeness (QED) is 0.0551. The Morgan fingerprint density at radius 3 is 1.62 bits per heavy atom. The number of carbonyl (C=O) groups is 6. The second-order valence-electron chi connectivity index (χ2n) is 25.2. The summed E-state index contributed by atoms with van der Waals surface area (Å²) in [6, 6.07) is 40.0. The molecule has 2 fully saturated rings. The van der Waals surface area contributed by atoms with E-state index in [-0.39, 0.29) is 58.2 Å². The number of carboxylic acid groups (broad SMARTS) is 2. The van der Waals surface area contributed by atoms with Gasteiger partial charge in [0, 0.05) is 54.9 Å². The van der Waals surface area contributed by atoms with Gasteiger partial charge in [0.1, 0.15) is 60.8 Å². The molecule has 0 spiro atoms. The zero-order valence-electron chi connectivity index (χ0n) is 49.8. The summed E-state index contributed by atoms with van der Waals surface area (Å²) in [7, 11) is 0. The summed E-state index contributed by atoms with van der Waals surface area (Å²) in [4.78, 5) is 90.8. The molecule has 2 amide bonds. The summed E-state index contributed by atoms with van der Waals surface area (Å²) >= 11 is 0. The second-order valence-corrected chi connectivity index (χ2v) is 25.2. The van der Waals surface area contributed by atoms with Crippen LogP contribution in [0.25, 0.3) is 44.3 Å². The van der Waals surface area contributed by atoms with Crippen LogP contribution in [-0.4, -0.2) is 135 Å². The average molecular weight is 1190 g/mol. The number of amides is 2. The van der Waals surface area contributed by atoms with Crippen LogP contribution in [0.1, 0.15) is 99.6 Å². The van der Waals surface area contributed by atoms with Gasteiger partial charge in [0.25, 0.3) is 0 Å². The third-order valence-corrected chi connectivity index (χ3v) is 17.1. The molecule has 4 heterocycles. The Labute approximate surface area is 508 Å². The fourth-order valence-corrected chi connectivity index (χ4v) is 13.0. The van der Waals surface area contributed by atoms with Crippen molar-refractivity contribution in [1.29, 1.82) is 0 Å². The van der Waals surface area contributed by atoms with E-state index in [9.17, 15) is 39.0 Å². The standard InChI is InChI=1S/C69H69N5O14/c1-66(2,3)87-60(75)54-31-68(62(77)78,71-33-40-25-26-56-57(29-40)84-28-27-83-56)38-73(54)65(82)86-37-53-49-21-11-12-22-50(49)58-44(23-14-24-51(53)58)43-30-41-15-13-16-42(59(41)70-34-43)35-72-69(63(79)80)32-55(61(76)88-67(4,5)6)74(39-69)64(81)85-36-52-47-19-9-7-17-45(47)46-18-8-10-20-48(46)52/h7-26,29-30,34,52-55,71-72H,27-28,31-33,35-39H2,1-6H3,(H,77,78)(H,79,80). The Kier molecular flexibility index (Phi) is 15.5. The van der Waals surface area contributed by atoms with Crippen molar-refractivity contribution in [2.45, 2.75) is 114 Å². The van der Waals surface area contributed by atoms with Crippen LogP contribution in [0, 0.1) is 0 Å². The largest absolute Gasteiger partial charge is 0.486 e. The minimum atomic E-state index is -1.79. The van der Waals surface area contributed by atoms with Crippen LogP contribution in [0.15, 0.2) is 140 Å². The van der Waals surface area contributed by atoms with Gasteiger partial charge in [-0.1, -0.05) is 115 Å². The van der Waals surface area contributed by atoms with Gasteiger partial charge in [-0.05, 0) is 121 Å². The summed E-state index contributed by atoms with van der Waals surface area (Å²) in [5.41, 5.74) is 5.93. The summed E-state index contributed by atoms with van der Waals surface area (Å²) in [5, 5.41) is 29.0. The Hall–Kier alpha value is -9.33. The smallest absolute Gasteiger partial charge is 0.410 e. The lowest BCUT2D eigenvalue weighted by Crippen LogP contribution is -2.54. The Balaban J connectivity index is 0.771. The lowest BCUT2D eigenvalue weighted by molar-refractivity contribution is -0.161. The van der Waals surface area contributed by atoms with Crippen molar-refractivity contribution in [2.75, 3.05) is 39.5 Å². The Bertz CT molecular complexity index is 3900. The van der Waals surface area contributed by atoms with Crippen LogP contribution in [-0.2, 0) is 51.2 Å². The molecule has 0 saturated carbocycles. The molecule has 0 radical (unpaired) electrons. The number of para-hydroxylation sites is 1. The van der Waals surface area contributed by atoms with Crippen molar-refractivity contribution >= 4 is 47.0 Å². The number of carbonyl (C=O) groups excluding carboxylic acids is 4. The van der Waals surface area contributed by atoms with E-state index in [0.29, 0.717) is 41.4 Å². The molecular weight excluding hydrogens is 1120 g/mol. The van der Waals surface area contributed by atoms with Crippen LogP contribution in [0.2, 0.25) is 0 Å². The molecule has 19 heteroatoms. The van der Waals surface area contributed by atoms with Gasteiger partial charge in [-0.2, -0.15) is 0 Å². The lowest BCUT2D eigenvalue weighted by Gasteiger charge is -2.27. The molecule has 7 aromatic rings. The number of esters is 2. The molecule has 3 aliphatic heterocycles. The molecule has 88 heavy (non-hydrogen) atoms. The topological polar surface area (TPSA) is 242 Å². The predicted molar refractivity (Wildman–Crippen MR) is 325 cm³/mol. The maximum atomic E-state index is 14.5. The normalized spacial score (nSPS) is 20.8. The van der Waals surface area contributed by atoms with Crippen LogP contribution in [0.5, 0.6) is 11.5 Å². The molecule has 2 saturated heterocycles. The number of pyridine rings is 1. The summed E-state index contributed by atoms with van der Waals surface area (Å²) in [6.07, 6.45) is -0.510. The highest BCUT2D eigenvalue weighted by Gasteiger charge is 2.57. The van der Waals surface area contributed by atoms with Crippen molar-refractivity contribution in [3.63, 3.8) is 0 Å². The molecular formula is C69H69N5O14. The van der Waals surface area contributed by atoms with Gasteiger partial charge >= 0.3 is 36.1 Å². The van der Waals surface area contributed by atoms with Crippen LogP contribution in [0.4, 0.5) is 9.59 Å². The number of benzene rings is 6. The number of hydrogen-bond donors (Lipinski definition) is 4. The van der Waals surface area contributed by atoms with Crippen molar-refractivity contribution in [1.82, 2.24) is 25.4 Å². The maximum absolute atomic E-state index is 14.5. The molecule has 2 aliphatic carbocycles. The number of rotatable bonds is 15. The van der Waals surface area contributed by atoms with Crippen molar-refractivity contribution in [2.24, 2.45) is 0 Å². The first-order valence-electron chi connectivity index (χ1n) is 29.6. The maximum Gasteiger partial charge on any atom is 0.410 e. The first-order valence-corrected chi connectivity index (χ1v) is 29.6. The van der Waals surface area contributed by atoms with Gasteiger partial charge in [0.15, 0.2) is 11.5 Å². The van der Waals surface area contributed by atoms with E-state index in [1.807, 2.05) is 115 Å². The molecule has 5 atom stereocenters. The number of carboxylic acids is 2. The van der Waals surface area contributed by atoms with Crippen molar-refractivity contribution < 1.29 is 67.4 Å². The van der Waals surface area contributed by atoms with E-state index < -0.39 is 76.3 Å². The van der Waals surface area contributed by atoms with Gasteiger partial charge in [-0.15, -0.1) is 0 Å². The molecule has 0 bridgehead atoms. The zero-order valence-corrected chi connectivity index (χ0v) is 49.8. The third kappa shape index (κ3) is 11.4. The van der Waals surface area contributed by atoms with Crippen LogP contribution < -0.4 is 20.1 Å². The molecule has 19 nitrogen and oxygen atoms in total. The SMILES string of the molecule is CC(C)(C)OC(=O)C1CC(NCc2cccc3cc(-c4cccc5c4-c4ccccc4C5COC(=O)N4CC(NCc5ccc6c(c5)OCCO6)(C(=O)O)CC4C(=O)OC(C)(C)C)cnc23)(C(=O)O)CN1C(=O)OCC1c2ccccc2-c2ccccc21. The number of nitrogens with zero attached hydrogens (tertiary/aromatic N) is 3. The molecule has 5 aliphatic rings. The van der Waals surface area contributed by atoms with Crippen LogP contribution in [0.3, 0.4) is 0 Å². The van der Waals surface area contributed by atoms with Gasteiger partial charge in [0.05, 0.1) is 18.6 Å². The molecule has 454 valence electrons. The van der Waals surface area contributed by atoms with Gasteiger partial charge in [-0.25, -0.2) is 19.2 Å². The number of aliphatic carboxylic acids is 2. The highest BCUT2D eigenvalue weighted by Crippen LogP contribution is 2.50. The van der Waals surface area contributed by atoms with Gasteiger partial charge < -0.3 is 38.6 Å². The van der Waals surface area contributed by atoms with E-state index >= 15 is 0 Å². The highest BCUT2D eigenvalue weighted by atomic mass is 16.6. The predicted octanol–water partition coefficient (Wildman–Crippen LogP) is 10.2. The fraction of sp³-hybridized carbons (Fsp3) is 0.348. The molecule has 5 unspecified atom stereocenters. The number of hydrogen-bond acceptors (Lipinski definition) is 15. The van der Waals surface area contributed by atoms with Gasteiger partial charge in [0.2, 0.25) is 0 Å². The Morgan fingerprint density at radius 2 is 1.06 bits per heavy atom. The lowest BCUT2D eigenvalue weighted by atomic mass is 9.93. The zero-order chi connectivity index (χ0) is 61.9. The van der Waals surface area contributed by atoms with Crippen molar-refractivity contribution in [3.8, 4) is 44.9 Å². The summed E-state index contributed by atoms with van der Waals surface area (Å²) < 4.78 is 35.2. The minimum Gasteiger partial charge on any atom is -0.486 e. The van der Waals surface area contributed by atoms with Crippen LogP contribution >= 0.6 is 0 Å². The molecule has 4 N–H and O–H groups in total. The van der Waals surface area contributed by atoms with E-state index in [0.717, 1.165) is 65.9 Å². The minimum absolute atomic E-state index is 0.00891. The summed E-state index contributed by atoms with van der Waals surface area (Å²) in [6.45, 7) is 10.2. The molecule has 6 aromatic carbocycles.